The molecule has 1 aromatic heterocycles. The highest BCUT2D eigenvalue weighted by molar-refractivity contribution is 7.14. The molecule has 0 bridgehead atoms. The van der Waals surface area contributed by atoms with Crippen molar-refractivity contribution in [2.75, 3.05) is 11.5 Å². The second-order valence-corrected chi connectivity index (χ2v) is 3.92. The molecule has 7 nitrogen and oxygen atoms in total. The molecule has 92 valence electrons. The van der Waals surface area contributed by atoms with Crippen LogP contribution in [-0.4, -0.2) is 34.8 Å². The number of carbonyl (C=O) groups excluding carboxylic acids is 1. The Kier molecular flexibility index (Phi) is 4.41. The lowest BCUT2D eigenvalue weighted by Crippen LogP contribution is -2.18. The second-order valence-electron chi connectivity index (χ2n) is 2.74. The Morgan fingerprint density at radius 3 is 2.76 bits per heavy atom. The van der Waals surface area contributed by atoms with Gasteiger partial charge >= 0.3 is 5.97 Å². The van der Waals surface area contributed by atoms with Crippen LogP contribution < -0.4 is 4.42 Å². The van der Waals surface area contributed by atoms with Gasteiger partial charge in [0, 0.05) is 24.1 Å². The number of aliphatic carboxylic acids is 1. The number of anilines is 1. The first-order chi connectivity index (χ1) is 7.97. The Bertz CT molecular complexity index is 473. The highest BCUT2D eigenvalue weighted by atomic mass is 35.5. The third kappa shape index (κ3) is 3.14. The molecule has 1 N–H and O–H groups in total. The monoisotopic (exact) mass is 277 g/mol. The summed E-state index contributed by atoms with van der Waals surface area (Å²) in [6, 6.07) is 0. The van der Waals surface area contributed by atoms with E-state index in [1.54, 1.807) is 0 Å². The minimum atomic E-state index is -1.28. The number of carbonyl (C=O) groups is 2. The van der Waals surface area contributed by atoms with Gasteiger partial charge in [-0.1, -0.05) is 5.16 Å². The minimum Gasteiger partial charge on any atom is -0.476 e. The van der Waals surface area contributed by atoms with Crippen LogP contribution >= 0.6 is 23.1 Å². The number of hydrogen-bond donors (Lipinski definition) is 1. The van der Waals surface area contributed by atoms with Crippen molar-refractivity contribution in [1.82, 2.24) is 4.98 Å². The van der Waals surface area contributed by atoms with E-state index in [9.17, 15) is 9.59 Å². The molecule has 0 saturated heterocycles. The van der Waals surface area contributed by atoms with E-state index in [1.165, 1.54) is 19.4 Å². The molecule has 0 aromatic carbocycles. The van der Waals surface area contributed by atoms with Gasteiger partial charge in [-0.25, -0.2) is 9.78 Å². The van der Waals surface area contributed by atoms with Gasteiger partial charge in [-0.05, 0) is 0 Å². The number of carboxylic acids is 1. The van der Waals surface area contributed by atoms with E-state index in [4.69, 9.17) is 16.9 Å². The van der Waals surface area contributed by atoms with Crippen molar-refractivity contribution in [1.29, 1.82) is 0 Å². The van der Waals surface area contributed by atoms with Crippen molar-refractivity contribution in [2.45, 2.75) is 6.92 Å². The molecule has 0 aliphatic rings. The number of nitrogens with zero attached hydrogens (tertiary/aromatic N) is 3. The van der Waals surface area contributed by atoms with Gasteiger partial charge in [0.15, 0.2) is 0 Å². The van der Waals surface area contributed by atoms with Crippen LogP contribution in [0.4, 0.5) is 5.13 Å². The molecule has 0 aliphatic carbocycles. The van der Waals surface area contributed by atoms with E-state index in [0.29, 0.717) is 0 Å². The Hall–Kier alpha value is -1.67. The van der Waals surface area contributed by atoms with Crippen molar-refractivity contribution < 1.29 is 19.5 Å². The van der Waals surface area contributed by atoms with Crippen LogP contribution in [0.5, 0.6) is 0 Å². The molecule has 0 fully saturated rings. The van der Waals surface area contributed by atoms with E-state index in [1.807, 2.05) is 0 Å². The van der Waals surface area contributed by atoms with E-state index in [2.05, 4.69) is 15.0 Å². The van der Waals surface area contributed by atoms with Gasteiger partial charge in [0.25, 0.3) is 0 Å². The maximum absolute atomic E-state index is 11.0. The first kappa shape index (κ1) is 13.4. The summed E-state index contributed by atoms with van der Waals surface area (Å²) >= 11 is 6.65. The van der Waals surface area contributed by atoms with Crippen LogP contribution in [0, 0.1) is 0 Å². The summed E-state index contributed by atoms with van der Waals surface area (Å²) < 4.78 is 0.792. The number of halogens is 1. The molecule has 1 heterocycles. The molecule has 1 amide bonds. The average Bonchev–Trinajstić information content (AvgIpc) is 2.73. The SMILES string of the molecule is CO/N=C(\C(=O)O)c1csc(N(Cl)C(C)=O)n1. The molecule has 1 rings (SSSR count). The maximum Gasteiger partial charge on any atom is 0.360 e. The molecular weight excluding hydrogens is 270 g/mol. The van der Waals surface area contributed by atoms with Crippen LogP contribution in [0.1, 0.15) is 12.6 Å². The van der Waals surface area contributed by atoms with Crippen molar-refractivity contribution in [3.8, 4) is 0 Å². The summed E-state index contributed by atoms with van der Waals surface area (Å²) in [5.41, 5.74) is -0.283. The lowest BCUT2D eigenvalue weighted by Gasteiger charge is -2.05. The zero-order valence-electron chi connectivity index (χ0n) is 8.88. The van der Waals surface area contributed by atoms with Gasteiger partial charge in [0.1, 0.15) is 12.8 Å². The van der Waals surface area contributed by atoms with E-state index in [-0.39, 0.29) is 16.5 Å². The fraction of sp³-hybridized carbons (Fsp3) is 0.250. The number of rotatable bonds is 4. The smallest absolute Gasteiger partial charge is 0.360 e. The maximum atomic E-state index is 11.0. The largest absolute Gasteiger partial charge is 0.476 e. The molecule has 0 radical (unpaired) electrons. The van der Waals surface area contributed by atoms with Gasteiger partial charge in [0.05, 0.1) is 0 Å². The summed E-state index contributed by atoms with van der Waals surface area (Å²) in [4.78, 5) is 30.1. The van der Waals surface area contributed by atoms with Gasteiger partial charge < -0.3 is 9.94 Å². The van der Waals surface area contributed by atoms with Crippen LogP contribution in [-0.2, 0) is 14.4 Å². The number of aromatic nitrogens is 1. The Morgan fingerprint density at radius 1 is 1.65 bits per heavy atom. The van der Waals surface area contributed by atoms with E-state index >= 15 is 0 Å². The quantitative estimate of drug-likeness (QED) is 0.505. The Labute approximate surface area is 105 Å². The molecule has 1 aromatic rings. The van der Waals surface area contributed by atoms with Crippen molar-refractivity contribution in [3.63, 3.8) is 0 Å². The Balaban J connectivity index is 3.05. The highest BCUT2D eigenvalue weighted by Crippen LogP contribution is 2.22. The molecule has 0 aliphatic heterocycles. The van der Waals surface area contributed by atoms with Crippen LogP contribution in [0.2, 0.25) is 0 Å². The van der Waals surface area contributed by atoms with E-state index < -0.39 is 11.9 Å². The lowest BCUT2D eigenvalue weighted by atomic mass is 10.3. The predicted octanol–water partition coefficient (Wildman–Crippen LogP) is 1.08. The minimum absolute atomic E-state index is 0.0752. The molecular formula is C8H8ClN3O4S. The summed E-state index contributed by atoms with van der Waals surface area (Å²) in [7, 11) is 1.22. The summed E-state index contributed by atoms with van der Waals surface area (Å²) in [6.45, 7) is 1.26. The predicted molar refractivity (Wildman–Crippen MR) is 62.3 cm³/mol. The topological polar surface area (TPSA) is 92.1 Å². The number of amides is 1. The van der Waals surface area contributed by atoms with Gasteiger partial charge in [-0.2, -0.15) is 4.42 Å². The first-order valence-corrected chi connectivity index (χ1v) is 5.46. The average molecular weight is 278 g/mol. The van der Waals surface area contributed by atoms with Crippen LogP contribution in [0.3, 0.4) is 0 Å². The molecule has 0 spiro atoms. The third-order valence-corrected chi connectivity index (χ3v) is 2.89. The van der Waals surface area contributed by atoms with Gasteiger partial charge in [0.2, 0.25) is 16.8 Å². The molecule has 0 atom stereocenters. The van der Waals surface area contributed by atoms with Crippen LogP contribution in [0.15, 0.2) is 10.5 Å². The Morgan fingerprint density at radius 2 is 2.29 bits per heavy atom. The van der Waals surface area contributed by atoms with Crippen molar-refractivity contribution >= 4 is 45.8 Å². The summed E-state index contributed by atoms with van der Waals surface area (Å²) in [5, 5.41) is 13.8. The standard InChI is InChI=1S/C8H8ClN3O4S/c1-4(13)12(9)8-10-5(3-17-8)6(7(14)15)11-16-2/h3H,1-2H3,(H,14,15)/b11-6-. The zero-order chi connectivity index (χ0) is 13.0. The summed E-state index contributed by atoms with van der Waals surface area (Å²) in [6.07, 6.45) is 0. The van der Waals surface area contributed by atoms with Crippen molar-refractivity contribution in [2.24, 2.45) is 5.16 Å². The molecule has 17 heavy (non-hydrogen) atoms. The fourth-order valence-electron chi connectivity index (χ4n) is 0.885. The fourth-order valence-corrected chi connectivity index (χ4v) is 1.80. The number of hydrogen-bond acceptors (Lipinski definition) is 6. The van der Waals surface area contributed by atoms with Gasteiger partial charge in [-0.15, -0.1) is 11.3 Å². The summed E-state index contributed by atoms with van der Waals surface area (Å²) in [5.74, 6) is -1.71. The molecule has 0 unspecified atom stereocenters. The third-order valence-electron chi connectivity index (χ3n) is 1.56. The number of carboxylic acid groups (broad SMARTS) is 1. The lowest BCUT2D eigenvalue weighted by molar-refractivity contribution is -0.129. The second kappa shape index (κ2) is 5.60. The van der Waals surface area contributed by atoms with Gasteiger partial charge in [-0.3, -0.25) is 4.79 Å². The zero-order valence-corrected chi connectivity index (χ0v) is 10.4. The van der Waals surface area contributed by atoms with E-state index in [0.717, 1.165) is 15.8 Å². The number of thiazole rings is 1. The number of oxime groups is 1. The van der Waals surface area contributed by atoms with Crippen LogP contribution in [0.25, 0.3) is 0 Å². The molecule has 9 heteroatoms. The molecule has 0 saturated carbocycles. The first-order valence-electron chi connectivity index (χ1n) is 4.24. The highest BCUT2D eigenvalue weighted by Gasteiger charge is 2.20. The normalized spacial score (nSPS) is 11.1. The van der Waals surface area contributed by atoms with Crippen molar-refractivity contribution in [3.05, 3.63) is 11.1 Å².